The Morgan fingerprint density at radius 3 is 1.22 bits per heavy atom. The molecule has 12 aromatic rings. The van der Waals surface area contributed by atoms with Gasteiger partial charge >= 0.3 is 0 Å². The summed E-state index contributed by atoms with van der Waals surface area (Å²) in [4.78, 5) is 101. The van der Waals surface area contributed by atoms with Gasteiger partial charge in [0.05, 0.1) is 46.2 Å². The Morgan fingerprint density at radius 2 is 0.824 bits per heavy atom. The van der Waals surface area contributed by atoms with Crippen molar-refractivity contribution in [2.24, 2.45) is 0 Å². The van der Waals surface area contributed by atoms with Gasteiger partial charge in [-0.2, -0.15) is 0 Å². The Balaban J connectivity index is 0.000000137. The van der Waals surface area contributed by atoms with Gasteiger partial charge in [-0.15, -0.1) is 6.42 Å². The van der Waals surface area contributed by atoms with E-state index in [9.17, 15) is 14.4 Å². The zero-order valence-corrected chi connectivity index (χ0v) is 58.0. The minimum Gasteiger partial charge on any atom is -0.493 e. The van der Waals surface area contributed by atoms with Crippen molar-refractivity contribution in [3.05, 3.63) is 193 Å². The molecule has 3 amide bonds. The summed E-state index contributed by atoms with van der Waals surface area (Å²) in [7, 11) is 6.23. The lowest BCUT2D eigenvalue weighted by atomic mass is 9.86. The number of carbonyl (C=O) groups is 3. The Bertz CT molecular complexity index is 4980. The molecule has 12 heterocycles. The lowest BCUT2D eigenvalue weighted by molar-refractivity contribution is 0.0652. The van der Waals surface area contributed by atoms with Crippen molar-refractivity contribution < 1.29 is 19.1 Å². The van der Waals surface area contributed by atoms with Crippen molar-refractivity contribution in [3.8, 4) is 52.3 Å². The Morgan fingerprint density at radius 1 is 0.441 bits per heavy atom. The molecule has 102 heavy (non-hydrogen) atoms. The second kappa shape index (κ2) is 31.1. The fourth-order valence-electron chi connectivity index (χ4n) is 12.0. The summed E-state index contributed by atoms with van der Waals surface area (Å²) in [6.07, 6.45) is 17.0. The minimum absolute atomic E-state index is 0.0348. The van der Waals surface area contributed by atoms with Gasteiger partial charge in [0.2, 0.25) is 17.8 Å². The molecule has 6 N–H and O–H groups in total. The normalized spacial score (nSPS) is 14.5. The quantitative estimate of drug-likeness (QED) is 0.0490. The van der Waals surface area contributed by atoms with Crippen molar-refractivity contribution in [3.63, 3.8) is 0 Å². The Kier molecular flexibility index (Phi) is 20.9. The highest BCUT2D eigenvalue weighted by atomic mass is 16.5. The van der Waals surface area contributed by atoms with Crippen LogP contribution in [0, 0.1) is 12.3 Å². The van der Waals surface area contributed by atoms with Crippen molar-refractivity contribution >= 4 is 85.3 Å². The number of carbonyl (C=O) groups excluding carboxylic acids is 3. The summed E-state index contributed by atoms with van der Waals surface area (Å²) < 4.78 is 5.72. The summed E-state index contributed by atoms with van der Waals surface area (Å²) in [6, 6.07) is 42.2. The van der Waals surface area contributed by atoms with E-state index in [1.165, 1.54) is 0 Å². The van der Waals surface area contributed by atoms with Crippen molar-refractivity contribution in [1.82, 2.24) is 89.2 Å². The summed E-state index contributed by atoms with van der Waals surface area (Å²) >= 11 is 0. The van der Waals surface area contributed by atoms with E-state index in [2.05, 4.69) is 124 Å². The van der Waals surface area contributed by atoms with Crippen LogP contribution in [-0.4, -0.2) is 213 Å². The molecule has 3 fully saturated rings. The highest BCUT2D eigenvalue weighted by Gasteiger charge is 2.26. The van der Waals surface area contributed by atoms with Crippen molar-refractivity contribution in [2.45, 2.75) is 32.6 Å². The molecule has 0 unspecified atom stereocenters. The van der Waals surface area contributed by atoms with Crippen LogP contribution in [0.2, 0.25) is 0 Å². The first-order valence-corrected chi connectivity index (χ1v) is 34.1. The van der Waals surface area contributed by atoms with Gasteiger partial charge in [-0.3, -0.25) is 29.3 Å². The molecular formula is C77H81N21O4. The van der Waals surface area contributed by atoms with Gasteiger partial charge in [-0.25, -0.2) is 29.9 Å². The van der Waals surface area contributed by atoms with E-state index in [0.717, 1.165) is 169 Å². The van der Waals surface area contributed by atoms with Crippen molar-refractivity contribution in [1.29, 1.82) is 0 Å². The number of aromatic amines is 3. The second-order valence-corrected chi connectivity index (χ2v) is 26.1. The van der Waals surface area contributed by atoms with Gasteiger partial charge in [0.15, 0.2) is 0 Å². The van der Waals surface area contributed by atoms with Gasteiger partial charge < -0.3 is 65.0 Å². The number of amides is 3. The number of likely N-dealkylation sites (N-methyl/N-ethyl adjacent to an activating group) is 3. The van der Waals surface area contributed by atoms with Gasteiger partial charge in [-0.1, -0.05) is 18.9 Å². The van der Waals surface area contributed by atoms with Gasteiger partial charge in [0, 0.05) is 172 Å². The number of terminal acetylenes is 1. The van der Waals surface area contributed by atoms with E-state index in [0.29, 0.717) is 52.9 Å². The maximum Gasteiger partial charge on any atom is 0.270 e. The number of benzene rings is 3. The molecule has 0 bridgehead atoms. The molecule has 0 saturated carbocycles. The molecular weight excluding hydrogens is 1280 g/mol. The summed E-state index contributed by atoms with van der Waals surface area (Å²) in [5.74, 6) is 5.13. The van der Waals surface area contributed by atoms with Crippen LogP contribution in [0.5, 0.6) is 5.75 Å². The maximum absolute atomic E-state index is 13.0. The molecule has 9 aromatic heterocycles. The van der Waals surface area contributed by atoms with E-state index in [1.807, 2.05) is 162 Å². The monoisotopic (exact) mass is 1360 g/mol. The van der Waals surface area contributed by atoms with E-state index in [-0.39, 0.29) is 17.7 Å². The lowest BCUT2D eigenvalue weighted by Gasteiger charge is -2.32. The predicted octanol–water partition coefficient (Wildman–Crippen LogP) is 11.2. The van der Waals surface area contributed by atoms with Crippen molar-refractivity contribution in [2.75, 3.05) is 122 Å². The fourth-order valence-corrected chi connectivity index (χ4v) is 12.0. The van der Waals surface area contributed by atoms with Crippen LogP contribution in [0.3, 0.4) is 0 Å². The number of H-pyrrole nitrogens is 3. The molecule has 0 aliphatic carbocycles. The largest absolute Gasteiger partial charge is 0.493 e. The first kappa shape index (κ1) is 68.5. The SMILES string of the molecule is C#CC(C)(C)c1ccnc(-c2ccnc(Nc3ccc4[nH]c(C(=O)N5CCN(C)CC5)cc4c3)n2)c1.CCCOc1ccnc(-c2ccnc(Nc3ccc4[nH]c(C(=O)N5CCN(C)CC5)cc4c3)n2)c1.CN1CCN(C(=O)c2cc3cc(Nc4nccc(-c5ccccn5)n4)ccc3[nH]2)CC1. The molecule has 25 heteroatoms. The first-order valence-electron chi connectivity index (χ1n) is 34.1. The summed E-state index contributed by atoms with van der Waals surface area (Å²) in [6.45, 7) is 16.6. The first-order chi connectivity index (χ1) is 49.6. The number of hydrogen-bond donors (Lipinski definition) is 6. The average molecular weight is 1360 g/mol. The van der Waals surface area contributed by atoms with Crippen LogP contribution in [0.4, 0.5) is 34.9 Å². The molecule has 3 aromatic carbocycles. The maximum atomic E-state index is 13.0. The molecule has 15 rings (SSSR count). The summed E-state index contributed by atoms with van der Waals surface area (Å²) in [5, 5.41) is 12.6. The summed E-state index contributed by atoms with van der Waals surface area (Å²) in [5.41, 5.74) is 12.1. The smallest absolute Gasteiger partial charge is 0.270 e. The molecule has 3 aliphatic heterocycles. The average Bonchev–Trinajstić information content (AvgIpc) is 1.57. The number of pyridine rings is 3. The van der Waals surface area contributed by atoms with Crippen LogP contribution >= 0.6 is 0 Å². The lowest BCUT2D eigenvalue weighted by Crippen LogP contribution is -2.47. The van der Waals surface area contributed by atoms with Crippen LogP contribution in [0.15, 0.2) is 171 Å². The molecule has 25 nitrogen and oxygen atoms in total. The molecule has 0 radical (unpaired) electrons. The van der Waals surface area contributed by atoms with Gasteiger partial charge in [0.1, 0.15) is 22.8 Å². The van der Waals surface area contributed by atoms with Gasteiger partial charge in [0.25, 0.3) is 17.7 Å². The second-order valence-electron chi connectivity index (χ2n) is 26.1. The number of nitrogens with zero attached hydrogens (tertiary/aromatic N) is 15. The third-order valence-electron chi connectivity index (χ3n) is 18.2. The highest BCUT2D eigenvalue weighted by Crippen LogP contribution is 2.30. The van der Waals surface area contributed by atoms with Gasteiger partial charge in [-0.05, 0) is 168 Å². The molecule has 3 saturated heterocycles. The number of rotatable bonds is 16. The molecule has 518 valence electrons. The van der Waals surface area contributed by atoms with E-state index < -0.39 is 5.41 Å². The zero-order chi connectivity index (χ0) is 70.7. The number of anilines is 6. The van der Waals surface area contributed by atoms with Crippen LogP contribution in [0.1, 0.15) is 64.2 Å². The number of nitrogens with one attached hydrogen (secondary N) is 6. The molecule has 3 aliphatic rings. The third-order valence-corrected chi connectivity index (χ3v) is 18.2. The van der Waals surface area contributed by atoms with E-state index in [1.54, 1.807) is 37.2 Å². The van der Waals surface area contributed by atoms with Crippen LogP contribution in [0.25, 0.3) is 66.9 Å². The number of ether oxygens (including phenoxy) is 1. The third kappa shape index (κ3) is 16.7. The highest BCUT2D eigenvalue weighted by molar-refractivity contribution is 6.01. The van der Waals surface area contributed by atoms with Crippen LogP contribution in [-0.2, 0) is 5.41 Å². The number of hydrogen-bond acceptors (Lipinski definition) is 19. The minimum atomic E-state index is -0.400. The fraction of sp³-hybridized carbons (Fsp3) is 0.273. The van der Waals surface area contributed by atoms with Crippen LogP contribution < -0.4 is 20.7 Å². The standard InChI is InChI=1S/C28H29N7O.C26H29N7O2.C23H23N7O/c1-5-28(2,3)20-8-10-29-24(18-20)23-9-11-30-27(33-23)31-21-6-7-22-19(16-21)17-25(32-22)26(36)35-14-12-34(4)13-15-35;1-3-14-35-20-6-8-27-23(17-20)22-7-9-28-26(31-22)29-19-4-5-21-18(15-19)16-24(30-21)25(34)33-12-10-32(2)11-13-33;1-29-10-12-30(13-11-29)22(31)21-15-16-14-17(5-6-18(16)27-21)26-23-25-9-7-20(28-23)19-4-2-3-8-24-19/h1,6-11,16-18,32H,12-15H2,2-4H3,(H,30,31,33);4-9,15-17,30H,3,10-14H2,1-2H3,(H,28,29,31);2-9,14-15,27H,10-13H2,1H3,(H,25,26,28). The zero-order valence-electron chi connectivity index (χ0n) is 58.0. The van der Waals surface area contributed by atoms with E-state index >= 15 is 0 Å². The topological polar surface area (TPSA) is 279 Å². The number of piperazine rings is 3. The van der Waals surface area contributed by atoms with E-state index in [4.69, 9.17) is 11.2 Å². The number of fused-ring (bicyclic) bond motifs is 3. The number of aromatic nitrogens is 12. The Labute approximate surface area is 591 Å². The molecule has 0 atom stereocenters. The predicted molar refractivity (Wildman–Crippen MR) is 398 cm³/mol. The Hall–Kier alpha value is -12.0. The molecule has 0 spiro atoms.